The molecule has 0 amide bonds. The van der Waals surface area contributed by atoms with E-state index in [2.05, 4.69) is 12.1 Å². The van der Waals surface area contributed by atoms with Crippen molar-refractivity contribution < 1.29 is 12.9 Å². The number of rotatable bonds is 6. The highest BCUT2D eigenvalue weighted by Crippen LogP contribution is 2.39. The summed E-state index contributed by atoms with van der Waals surface area (Å²) in [5, 5.41) is 10.2. The van der Waals surface area contributed by atoms with Gasteiger partial charge in [0, 0.05) is 11.3 Å². The summed E-state index contributed by atoms with van der Waals surface area (Å²) in [5.41, 5.74) is 3.39. The van der Waals surface area contributed by atoms with Gasteiger partial charge in [-0.25, -0.2) is 13.6 Å². The Labute approximate surface area is 151 Å². The molecule has 7 heteroatoms. The van der Waals surface area contributed by atoms with Crippen molar-refractivity contribution in [3.05, 3.63) is 54.6 Å². The largest absolute Gasteiger partial charge is 0.349 e. The van der Waals surface area contributed by atoms with Crippen LogP contribution in [0.1, 0.15) is 13.3 Å². The van der Waals surface area contributed by atoms with Crippen LogP contribution in [-0.2, 0) is 10.0 Å². The maximum Gasteiger partial charge on any atom is 0.238 e. The summed E-state index contributed by atoms with van der Waals surface area (Å²) in [4.78, 5) is 0.0803. The van der Waals surface area contributed by atoms with Gasteiger partial charge in [0.25, 0.3) is 0 Å². The minimum atomic E-state index is -3.72. The van der Waals surface area contributed by atoms with Gasteiger partial charge in [-0.3, -0.25) is 0 Å². The van der Waals surface area contributed by atoms with Gasteiger partial charge in [0.2, 0.25) is 15.1 Å². The van der Waals surface area contributed by atoms with E-state index in [0.717, 1.165) is 39.7 Å². The predicted molar refractivity (Wildman–Crippen MR) is 99.8 cm³/mol. The second-order valence-electron chi connectivity index (χ2n) is 5.48. The third-order valence-electron chi connectivity index (χ3n) is 3.62. The van der Waals surface area contributed by atoms with Crippen LogP contribution in [0.25, 0.3) is 22.4 Å². The third-order valence-corrected chi connectivity index (χ3v) is 5.70. The van der Waals surface area contributed by atoms with Gasteiger partial charge in [-0.05, 0) is 24.1 Å². The molecule has 2 N–H and O–H groups in total. The zero-order valence-corrected chi connectivity index (χ0v) is 15.3. The molecule has 0 saturated carbocycles. The summed E-state index contributed by atoms with van der Waals surface area (Å²) in [6.07, 6.45) is 1.01. The smallest absolute Gasteiger partial charge is 0.238 e. The third kappa shape index (κ3) is 3.95. The van der Waals surface area contributed by atoms with E-state index in [1.807, 2.05) is 30.3 Å². The molecule has 0 atom stereocenters. The van der Waals surface area contributed by atoms with Crippen LogP contribution in [0, 0.1) is 0 Å². The fraction of sp³-hybridized carbons (Fsp3) is 0.167. The van der Waals surface area contributed by atoms with Crippen LogP contribution in [0.4, 0.5) is 0 Å². The lowest BCUT2D eigenvalue weighted by atomic mass is 10.0. The van der Waals surface area contributed by atoms with Gasteiger partial charge in [0.15, 0.2) is 0 Å². The topological polar surface area (TPSA) is 86.2 Å². The first-order valence-corrected chi connectivity index (χ1v) is 10.3. The fourth-order valence-corrected chi connectivity index (χ4v) is 3.78. The Kier molecular flexibility index (Phi) is 5.27. The monoisotopic (exact) mass is 374 g/mol. The number of benzene rings is 2. The van der Waals surface area contributed by atoms with Crippen molar-refractivity contribution in [3.8, 4) is 22.4 Å². The predicted octanol–water partition coefficient (Wildman–Crippen LogP) is 4.16. The van der Waals surface area contributed by atoms with Crippen LogP contribution in [0.3, 0.4) is 0 Å². The molecule has 25 heavy (non-hydrogen) atoms. The standard InChI is InChI=1S/C18H18N2O3S2/c1-2-12-24-18-16(13-8-10-15(11-9-13)25(19,21)22)17(20-23-18)14-6-4-3-5-7-14/h3-11H,2,12H2,1H3,(H2,19,21,22). The molecule has 0 bridgehead atoms. The molecule has 130 valence electrons. The molecular formula is C18H18N2O3S2. The van der Waals surface area contributed by atoms with Gasteiger partial charge in [-0.1, -0.05) is 66.3 Å². The first-order valence-electron chi connectivity index (χ1n) is 7.82. The fourth-order valence-electron chi connectivity index (χ4n) is 2.43. The van der Waals surface area contributed by atoms with E-state index in [1.54, 1.807) is 23.9 Å². The van der Waals surface area contributed by atoms with E-state index in [9.17, 15) is 8.42 Å². The van der Waals surface area contributed by atoms with Gasteiger partial charge in [0.05, 0.1) is 10.5 Å². The molecule has 0 radical (unpaired) electrons. The summed E-state index contributed by atoms with van der Waals surface area (Å²) in [7, 11) is -3.72. The molecule has 0 fully saturated rings. The maximum atomic E-state index is 11.5. The number of nitrogens with zero attached hydrogens (tertiary/aromatic N) is 1. The van der Waals surface area contributed by atoms with Crippen molar-refractivity contribution >= 4 is 21.8 Å². The lowest BCUT2D eigenvalue weighted by Gasteiger charge is -2.06. The summed E-state index contributed by atoms with van der Waals surface area (Å²) in [5.74, 6) is 0.908. The second kappa shape index (κ2) is 7.43. The minimum Gasteiger partial charge on any atom is -0.349 e. The van der Waals surface area contributed by atoms with Crippen molar-refractivity contribution in [1.29, 1.82) is 0 Å². The van der Waals surface area contributed by atoms with E-state index in [-0.39, 0.29) is 4.90 Å². The van der Waals surface area contributed by atoms with Crippen molar-refractivity contribution in [1.82, 2.24) is 5.16 Å². The Bertz CT molecular complexity index is 950. The lowest BCUT2D eigenvalue weighted by Crippen LogP contribution is -2.11. The highest BCUT2D eigenvalue weighted by molar-refractivity contribution is 7.99. The summed E-state index contributed by atoms with van der Waals surface area (Å²) in [6, 6.07) is 16.2. The zero-order valence-electron chi connectivity index (χ0n) is 13.7. The molecule has 0 spiro atoms. The van der Waals surface area contributed by atoms with Crippen LogP contribution in [0.5, 0.6) is 0 Å². The van der Waals surface area contributed by atoms with E-state index >= 15 is 0 Å². The average Bonchev–Trinajstić information content (AvgIpc) is 3.04. The molecule has 0 saturated heterocycles. The molecule has 0 aliphatic heterocycles. The summed E-state index contributed by atoms with van der Waals surface area (Å²) in [6.45, 7) is 2.10. The second-order valence-corrected chi connectivity index (χ2v) is 8.11. The molecule has 2 aromatic carbocycles. The van der Waals surface area contributed by atoms with E-state index < -0.39 is 10.0 Å². The van der Waals surface area contributed by atoms with Crippen LogP contribution in [0.2, 0.25) is 0 Å². The van der Waals surface area contributed by atoms with E-state index in [1.165, 1.54) is 12.1 Å². The van der Waals surface area contributed by atoms with Crippen LogP contribution in [-0.4, -0.2) is 19.3 Å². The van der Waals surface area contributed by atoms with E-state index in [0.29, 0.717) is 0 Å². The highest BCUT2D eigenvalue weighted by Gasteiger charge is 2.20. The molecule has 0 aliphatic carbocycles. The van der Waals surface area contributed by atoms with Gasteiger partial charge in [-0.15, -0.1) is 0 Å². The number of aromatic nitrogens is 1. The summed E-state index contributed by atoms with van der Waals surface area (Å²) >= 11 is 1.60. The number of hydrogen-bond acceptors (Lipinski definition) is 5. The molecule has 0 unspecified atom stereocenters. The average molecular weight is 374 g/mol. The quantitative estimate of drug-likeness (QED) is 0.655. The number of sulfonamides is 1. The van der Waals surface area contributed by atoms with Crippen LogP contribution in [0.15, 0.2) is 69.1 Å². The van der Waals surface area contributed by atoms with Crippen molar-refractivity contribution in [2.45, 2.75) is 23.3 Å². The molecule has 1 heterocycles. The minimum absolute atomic E-state index is 0.0803. The maximum absolute atomic E-state index is 11.5. The number of primary sulfonamides is 1. The molecule has 3 aromatic rings. The van der Waals surface area contributed by atoms with Crippen molar-refractivity contribution in [3.63, 3.8) is 0 Å². The Morgan fingerprint density at radius 1 is 1.04 bits per heavy atom. The van der Waals surface area contributed by atoms with Gasteiger partial charge < -0.3 is 4.52 Å². The lowest BCUT2D eigenvalue weighted by molar-refractivity contribution is 0.352. The van der Waals surface area contributed by atoms with Crippen LogP contribution >= 0.6 is 11.8 Å². The molecule has 0 aliphatic rings. The van der Waals surface area contributed by atoms with Gasteiger partial charge >= 0.3 is 0 Å². The Morgan fingerprint density at radius 2 is 1.72 bits per heavy atom. The van der Waals surface area contributed by atoms with Gasteiger partial charge in [-0.2, -0.15) is 0 Å². The Morgan fingerprint density at radius 3 is 2.32 bits per heavy atom. The number of nitrogens with two attached hydrogens (primary N) is 1. The highest BCUT2D eigenvalue weighted by atomic mass is 32.2. The summed E-state index contributed by atoms with van der Waals surface area (Å²) < 4.78 is 28.5. The SMILES string of the molecule is CCCSc1onc(-c2ccccc2)c1-c1ccc(S(N)(=O)=O)cc1. The number of hydrogen-bond donors (Lipinski definition) is 1. The zero-order chi connectivity index (χ0) is 17.9. The van der Waals surface area contributed by atoms with E-state index in [4.69, 9.17) is 9.66 Å². The van der Waals surface area contributed by atoms with Crippen LogP contribution < -0.4 is 5.14 Å². The van der Waals surface area contributed by atoms with Gasteiger partial charge in [0.1, 0.15) is 5.69 Å². The normalized spacial score (nSPS) is 11.6. The van der Waals surface area contributed by atoms with Crippen molar-refractivity contribution in [2.24, 2.45) is 5.14 Å². The molecule has 1 aromatic heterocycles. The molecule has 3 rings (SSSR count). The van der Waals surface area contributed by atoms with Crippen molar-refractivity contribution in [2.75, 3.05) is 5.75 Å². The Balaban J connectivity index is 2.10. The Hall–Kier alpha value is -2.09. The number of thioether (sulfide) groups is 1. The molecular weight excluding hydrogens is 356 g/mol. The first kappa shape index (κ1) is 17.7. The first-order chi connectivity index (χ1) is 12.0. The molecule has 5 nitrogen and oxygen atoms in total.